The molecular weight excluding hydrogens is 360 g/mol. The van der Waals surface area contributed by atoms with Crippen molar-refractivity contribution >= 4 is 11.6 Å². The summed E-state index contributed by atoms with van der Waals surface area (Å²) < 4.78 is 6.22. The molecular formula is C26H46O3. The van der Waals surface area contributed by atoms with E-state index in [1.807, 2.05) is 0 Å². The van der Waals surface area contributed by atoms with Crippen LogP contribution in [0.2, 0.25) is 0 Å². The maximum absolute atomic E-state index is 13.8. The molecule has 2 rings (SSSR count). The van der Waals surface area contributed by atoms with Gasteiger partial charge in [-0.05, 0) is 62.2 Å². The molecule has 0 N–H and O–H groups in total. The zero-order chi connectivity index (χ0) is 21.9. The van der Waals surface area contributed by atoms with E-state index in [9.17, 15) is 9.59 Å². The molecule has 2 bridgehead atoms. The topological polar surface area (TPSA) is 43.4 Å². The van der Waals surface area contributed by atoms with Gasteiger partial charge in [-0.2, -0.15) is 0 Å². The zero-order valence-corrected chi connectivity index (χ0v) is 20.2. The van der Waals surface area contributed by atoms with Crippen molar-refractivity contribution in [2.75, 3.05) is 0 Å². The summed E-state index contributed by atoms with van der Waals surface area (Å²) in [4.78, 5) is 27.5. The minimum atomic E-state index is -0.203. The molecule has 0 spiro atoms. The van der Waals surface area contributed by atoms with Gasteiger partial charge in [0.15, 0.2) is 0 Å². The maximum atomic E-state index is 13.8. The minimum absolute atomic E-state index is 0.0259. The first-order valence-electron chi connectivity index (χ1n) is 12.2. The van der Waals surface area contributed by atoms with E-state index in [4.69, 9.17) is 4.74 Å². The number of hydrogen-bond acceptors (Lipinski definition) is 3. The van der Waals surface area contributed by atoms with Crippen molar-refractivity contribution in [3.8, 4) is 0 Å². The fourth-order valence-electron chi connectivity index (χ4n) is 5.88. The quantitative estimate of drug-likeness (QED) is 0.380. The molecule has 0 aromatic rings. The van der Waals surface area contributed by atoms with Gasteiger partial charge >= 0.3 is 0 Å². The molecule has 4 atom stereocenters. The van der Waals surface area contributed by atoms with Crippen LogP contribution in [0.3, 0.4) is 0 Å². The van der Waals surface area contributed by atoms with Crippen LogP contribution in [-0.4, -0.2) is 23.8 Å². The van der Waals surface area contributed by atoms with Crippen LogP contribution in [0.15, 0.2) is 0 Å². The summed E-state index contributed by atoms with van der Waals surface area (Å²) >= 11 is 0. The lowest BCUT2D eigenvalue weighted by Crippen LogP contribution is -2.43. The van der Waals surface area contributed by atoms with Gasteiger partial charge in [0, 0.05) is 11.8 Å². The van der Waals surface area contributed by atoms with Crippen molar-refractivity contribution < 1.29 is 14.3 Å². The monoisotopic (exact) mass is 406 g/mol. The van der Waals surface area contributed by atoms with Gasteiger partial charge < -0.3 is 4.74 Å². The smallest absolute Gasteiger partial charge is 0.142 e. The highest BCUT2D eigenvalue weighted by molar-refractivity contribution is 5.93. The Morgan fingerprint density at radius 2 is 0.897 bits per heavy atom. The summed E-state index contributed by atoms with van der Waals surface area (Å²) in [6.45, 7) is 17.6. The molecule has 3 heteroatoms. The molecule has 2 aliphatic heterocycles. The van der Waals surface area contributed by atoms with Crippen molar-refractivity contribution in [1.82, 2.24) is 0 Å². The maximum Gasteiger partial charge on any atom is 0.142 e. The largest absolute Gasteiger partial charge is 0.373 e. The zero-order valence-electron chi connectivity index (χ0n) is 20.2. The average molecular weight is 407 g/mol. The Morgan fingerprint density at radius 1 is 0.621 bits per heavy atom. The van der Waals surface area contributed by atoms with E-state index in [-0.39, 0.29) is 35.9 Å². The molecule has 168 valence electrons. The summed E-state index contributed by atoms with van der Waals surface area (Å²) in [5, 5.41) is 0. The third kappa shape index (κ3) is 6.39. The van der Waals surface area contributed by atoms with Crippen LogP contribution in [0, 0.1) is 47.3 Å². The number of Topliss-reactive ketones (excluding diaryl/α,β-unsaturated/α-hetero) is 2. The second-order valence-corrected chi connectivity index (χ2v) is 11.6. The Balaban J connectivity index is 2.26. The Labute approximate surface area is 179 Å². The predicted octanol–water partition coefficient (Wildman–Crippen LogP) is 6.34. The van der Waals surface area contributed by atoms with Gasteiger partial charge in [0.2, 0.25) is 0 Å². The lowest BCUT2D eigenvalue weighted by molar-refractivity contribution is -0.138. The van der Waals surface area contributed by atoms with Gasteiger partial charge in [-0.1, -0.05) is 55.4 Å². The third-order valence-electron chi connectivity index (χ3n) is 6.76. The molecule has 2 heterocycles. The second kappa shape index (κ2) is 10.6. The van der Waals surface area contributed by atoms with Gasteiger partial charge in [-0.15, -0.1) is 0 Å². The van der Waals surface area contributed by atoms with E-state index in [2.05, 4.69) is 55.4 Å². The van der Waals surface area contributed by atoms with Gasteiger partial charge in [-0.3, -0.25) is 9.59 Å². The second-order valence-electron chi connectivity index (χ2n) is 11.6. The molecule has 0 amide bonds. The van der Waals surface area contributed by atoms with Crippen molar-refractivity contribution in [3.05, 3.63) is 0 Å². The van der Waals surface area contributed by atoms with Crippen LogP contribution in [0.5, 0.6) is 0 Å². The summed E-state index contributed by atoms with van der Waals surface area (Å²) in [5.41, 5.74) is 0. The molecule has 2 fully saturated rings. The van der Waals surface area contributed by atoms with E-state index < -0.39 is 0 Å². The summed E-state index contributed by atoms with van der Waals surface area (Å²) in [6.07, 6.45) is 5.53. The highest BCUT2D eigenvalue weighted by atomic mass is 16.5. The lowest BCUT2D eigenvalue weighted by Gasteiger charge is -2.33. The first kappa shape index (κ1) is 24.6. The predicted molar refractivity (Wildman–Crippen MR) is 120 cm³/mol. The fraction of sp³-hybridized carbons (Fsp3) is 0.923. The molecule has 29 heavy (non-hydrogen) atoms. The van der Waals surface area contributed by atoms with Crippen molar-refractivity contribution in [3.63, 3.8) is 0 Å². The molecule has 0 unspecified atom stereocenters. The normalized spacial score (nSPS) is 26.8. The first-order chi connectivity index (χ1) is 13.5. The number of ether oxygens (including phenoxy) is 1. The van der Waals surface area contributed by atoms with Gasteiger partial charge in [-0.25, -0.2) is 0 Å². The van der Waals surface area contributed by atoms with E-state index in [0.717, 1.165) is 38.5 Å². The number of carbonyl (C=O) groups excluding carboxylic acids is 2. The van der Waals surface area contributed by atoms with Gasteiger partial charge in [0.25, 0.3) is 0 Å². The number of rotatable bonds is 12. The van der Waals surface area contributed by atoms with Crippen LogP contribution in [-0.2, 0) is 14.3 Å². The summed E-state index contributed by atoms with van der Waals surface area (Å²) in [5.74, 6) is 2.33. The van der Waals surface area contributed by atoms with E-state index in [0.29, 0.717) is 35.2 Å². The Bertz CT molecular complexity index is 480. The molecule has 0 aromatic heterocycles. The lowest BCUT2D eigenvalue weighted by atomic mass is 9.67. The summed E-state index contributed by atoms with van der Waals surface area (Å²) in [7, 11) is 0. The van der Waals surface area contributed by atoms with E-state index >= 15 is 0 Å². The standard InChI is InChI=1S/C26H46O3/c1-15(2)11-19(12-16(3)4)25(27)23-21-9-10-22(29-21)24(23)26(28)20(13-17(5)6)14-18(7)8/h15-24H,9-14H2,1-8H3/t21-,22+,23-,24+. The van der Waals surface area contributed by atoms with Crippen LogP contribution < -0.4 is 0 Å². The number of hydrogen-bond donors (Lipinski definition) is 0. The molecule has 0 aromatic carbocycles. The molecule has 2 aliphatic rings. The average Bonchev–Trinajstić information content (AvgIpc) is 3.18. The molecule has 0 saturated carbocycles. The molecule has 0 aliphatic carbocycles. The van der Waals surface area contributed by atoms with Crippen molar-refractivity contribution in [1.29, 1.82) is 0 Å². The molecule has 3 nitrogen and oxygen atoms in total. The Hall–Kier alpha value is -0.700. The molecule has 2 saturated heterocycles. The third-order valence-corrected chi connectivity index (χ3v) is 6.76. The van der Waals surface area contributed by atoms with Crippen molar-refractivity contribution in [2.24, 2.45) is 47.3 Å². The first-order valence-corrected chi connectivity index (χ1v) is 12.2. The number of carbonyl (C=O) groups is 2. The minimum Gasteiger partial charge on any atom is -0.373 e. The van der Waals surface area contributed by atoms with Crippen LogP contribution in [0.4, 0.5) is 0 Å². The van der Waals surface area contributed by atoms with E-state index in [1.165, 1.54) is 0 Å². The van der Waals surface area contributed by atoms with Crippen LogP contribution >= 0.6 is 0 Å². The highest BCUT2D eigenvalue weighted by Crippen LogP contribution is 2.48. The fourth-order valence-corrected chi connectivity index (χ4v) is 5.88. The van der Waals surface area contributed by atoms with Crippen molar-refractivity contribution in [2.45, 2.75) is 106 Å². The molecule has 0 radical (unpaired) electrons. The highest BCUT2D eigenvalue weighted by Gasteiger charge is 2.56. The van der Waals surface area contributed by atoms with Crippen LogP contribution in [0.1, 0.15) is 93.9 Å². The Kier molecular flexibility index (Phi) is 8.94. The van der Waals surface area contributed by atoms with Gasteiger partial charge in [0.1, 0.15) is 11.6 Å². The van der Waals surface area contributed by atoms with E-state index in [1.54, 1.807) is 0 Å². The van der Waals surface area contributed by atoms with Crippen LogP contribution in [0.25, 0.3) is 0 Å². The van der Waals surface area contributed by atoms with Gasteiger partial charge in [0.05, 0.1) is 24.0 Å². The number of fused-ring (bicyclic) bond motifs is 2. The Morgan fingerprint density at radius 3 is 1.14 bits per heavy atom. The SMILES string of the molecule is CC(C)CC(CC(C)C)C(=O)[C@@H]1[C@H](C(=O)C(CC(C)C)CC(C)C)[C@H]2CC[C@@H]1O2. The number of ketones is 2. The summed E-state index contributed by atoms with van der Waals surface area (Å²) in [6, 6.07) is 0.